The van der Waals surface area contributed by atoms with E-state index < -0.39 is 10.0 Å². The molecule has 1 aliphatic rings. The molecule has 6 heteroatoms. The summed E-state index contributed by atoms with van der Waals surface area (Å²) in [5.41, 5.74) is 1.25. The summed E-state index contributed by atoms with van der Waals surface area (Å²) in [4.78, 5) is 2.57. The van der Waals surface area contributed by atoms with Gasteiger partial charge in [0.25, 0.3) is 0 Å². The molecule has 0 radical (unpaired) electrons. The number of unbranched alkanes of at least 4 members (excludes halogenated alkanes) is 1. The van der Waals surface area contributed by atoms with E-state index in [2.05, 4.69) is 28.7 Å². The van der Waals surface area contributed by atoms with Crippen LogP contribution in [0.5, 0.6) is 5.75 Å². The van der Waals surface area contributed by atoms with Gasteiger partial charge in [-0.3, -0.25) is 4.90 Å². The highest BCUT2D eigenvalue weighted by atomic mass is 32.2. The van der Waals surface area contributed by atoms with Crippen molar-refractivity contribution >= 4 is 10.0 Å². The van der Waals surface area contributed by atoms with Crippen molar-refractivity contribution in [2.45, 2.75) is 43.7 Å². The first-order valence-electron chi connectivity index (χ1n) is 9.58. The van der Waals surface area contributed by atoms with Gasteiger partial charge in [0.15, 0.2) is 0 Å². The van der Waals surface area contributed by atoms with E-state index >= 15 is 0 Å². The van der Waals surface area contributed by atoms with Crippen molar-refractivity contribution in [3.63, 3.8) is 0 Å². The zero-order valence-corrected chi connectivity index (χ0v) is 16.6. The molecule has 27 heavy (non-hydrogen) atoms. The number of ether oxygens (including phenoxy) is 1. The molecule has 2 aromatic carbocycles. The van der Waals surface area contributed by atoms with Crippen LogP contribution in [-0.2, 0) is 16.6 Å². The number of rotatable bonds is 9. The van der Waals surface area contributed by atoms with E-state index in [-0.39, 0.29) is 10.9 Å². The Hall–Kier alpha value is -1.89. The molecular weight excluding hydrogens is 360 g/mol. The molecule has 1 unspecified atom stereocenters. The minimum absolute atomic E-state index is 0.0563. The lowest BCUT2D eigenvalue weighted by Gasteiger charge is -2.17. The van der Waals surface area contributed by atoms with Crippen LogP contribution < -0.4 is 9.46 Å². The lowest BCUT2D eigenvalue weighted by atomic mass is 10.2. The molecule has 0 amide bonds. The van der Waals surface area contributed by atoms with Crippen molar-refractivity contribution in [1.29, 1.82) is 0 Å². The van der Waals surface area contributed by atoms with Gasteiger partial charge in [0.2, 0.25) is 10.0 Å². The van der Waals surface area contributed by atoms with E-state index in [4.69, 9.17) is 4.74 Å². The van der Waals surface area contributed by atoms with Crippen LogP contribution in [0.3, 0.4) is 0 Å². The van der Waals surface area contributed by atoms with E-state index in [0.717, 1.165) is 38.9 Å². The van der Waals surface area contributed by atoms with Crippen LogP contribution in [0.25, 0.3) is 0 Å². The number of likely N-dealkylation sites (tertiary alicyclic amines) is 1. The molecule has 2 aromatic rings. The van der Waals surface area contributed by atoms with Gasteiger partial charge in [-0.25, -0.2) is 13.1 Å². The normalized spacial score (nSPS) is 17.9. The van der Waals surface area contributed by atoms with Crippen molar-refractivity contribution < 1.29 is 13.2 Å². The minimum Gasteiger partial charge on any atom is -0.494 e. The van der Waals surface area contributed by atoms with Crippen molar-refractivity contribution in [2.24, 2.45) is 0 Å². The molecule has 1 heterocycles. The maximum Gasteiger partial charge on any atom is 0.240 e. The fourth-order valence-corrected chi connectivity index (χ4v) is 4.51. The largest absolute Gasteiger partial charge is 0.494 e. The fraction of sp³-hybridized carbons (Fsp3) is 0.429. The van der Waals surface area contributed by atoms with E-state index in [9.17, 15) is 8.42 Å². The van der Waals surface area contributed by atoms with E-state index in [1.165, 1.54) is 5.56 Å². The Balaban J connectivity index is 1.53. The molecule has 0 bridgehead atoms. The monoisotopic (exact) mass is 388 g/mol. The predicted molar refractivity (Wildman–Crippen MR) is 107 cm³/mol. The summed E-state index contributed by atoms with van der Waals surface area (Å²) >= 11 is 0. The predicted octanol–water partition coefficient (Wildman–Crippen LogP) is 3.42. The minimum atomic E-state index is -3.51. The van der Waals surface area contributed by atoms with E-state index in [0.29, 0.717) is 12.4 Å². The quantitative estimate of drug-likeness (QED) is 0.669. The molecule has 5 nitrogen and oxygen atoms in total. The van der Waals surface area contributed by atoms with Gasteiger partial charge in [0, 0.05) is 25.7 Å². The first-order valence-corrected chi connectivity index (χ1v) is 11.1. The van der Waals surface area contributed by atoms with Crippen LogP contribution in [0.2, 0.25) is 0 Å². The van der Waals surface area contributed by atoms with Gasteiger partial charge < -0.3 is 4.74 Å². The standard InChI is InChI=1S/C21H28N2O3S/c1-2-3-15-26-20-9-11-21(12-10-20)27(24,25)22-19-13-14-23(17-19)16-18-7-5-4-6-8-18/h4-12,19,22H,2-3,13-17H2,1H3. The summed E-state index contributed by atoms with van der Waals surface area (Å²) in [5, 5.41) is 0. The van der Waals surface area contributed by atoms with Crippen LogP contribution in [-0.4, -0.2) is 39.1 Å². The average Bonchev–Trinajstić information content (AvgIpc) is 3.09. The van der Waals surface area contributed by atoms with Crippen molar-refractivity contribution in [3.8, 4) is 5.75 Å². The Morgan fingerprint density at radius 2 is 1.85 bits per heavy atom. The number of nitrogens with zero attached hydrogens (tertiary/aromatic N) is 1. The molecule has 1 N–H and O–H groups in total. The summed E-state index contributed by atoms with van der Waals surface area (Å²) < 4.78 is 33.8. The second-order valence-corrected chi connectivity index (χ2v) is 8.72. The SMILES string of the molecule is CCCCOc1ccc(S(=O)(=O)NC2CCN(Cc3ccccc3)C2)cc1. The Bertz CT molecular complexity index is 807. The second-order valence-electron chi connectivity index (χ2n) is 7.00. The lowest BCUT2D eigenvalue weighted by molar-refractivity contribution is 0.309. The second kappa shape index (κ2) is 9.35. The van der Waals surface area contributed by atoms with Gasteiger partial charge in [-0.15, -0.1) is 0 Å². The molecule has 1 aliphatic heterocycles. The van der Waals surface area contributed by atoms with Crippen LogP contribution in [0.4, 0.5) is 0 Å². The zero-order valence-electron chi connectivity index (χ0n) is 15.8. The molecule has 0 aromatic heterocycles. The Morgan fingerprint density at radius 1 is 1.11 bits per heavy atom. The number of hydrogen-bond donors (Lipinski definition) is 1. The first kappa shape index (κ1) is 19.9. The Labute approximate surface area is 162 Å². The van der Waals surface area contributed by atoms with Crippen LogP contribution in [0, 0.1) is 0 Å². The highest BCUT2D eigenvalue weighted by Crippen LogP contribution is 2.19. The molecular formula is C21H28N2O3S. The number of nitrogens with one attached hydrogen (secondary N) is 1. The van der Waals surface area contributed by atoms with Crippen molar-refractivity contribution in [2.75, 3.05) is 19.7 Å². The molecule has 1 saturated heterocycles. The lowest BCUT2D eigenvalue weighted by Crippen LogP contribution is -2.36. The molecule has 3 rings (SSSR count). The maximum atomic E-state index is 12.7. The summed E-state index contributed by atoms with van der Waals surface area (Å²) in [6.07, 6.45) is 2.88. The Kier molecular flexibility index (Phi) is 6.88. The van der Waals surface area contributed by atoms with E-state index in [1.54, 1.807) is 24.3 Å². The van der Waals surface area contributed by atoms with Crippen LogP contribution in [0.15, 0.2) is 59.5 Å². The Morgan fingerprint density at radius 3 is 2.56 bits per heavy atom. The highest BCUT2D eigenvalue weighted by molar-refractivity contribution is 7.89. The average molecular weight is 389 g/mol. The molecule has 0 spiro atoms. The summed E-state index contributed by atoms with van der Waals surface area (Å²) in [5.74, 6) is 0.706. The summed E-state index contributed by atoms with van der Waals surface area (Å²) in [7, 11) is -3.51. The van der Waals surface area contributed by atoms with E-state index in [1.807, 2.05) is 18.2 Å². The van der Waals surface area contributed by atoms with Crippen LogP contribution in [0.1, 0.15) is 31.7 Å². The third-order valence-electron chi connectivity index (χ3n) is 4.74. The first-order chi connectivity index (χ1) is 13.1. The van der Waals surface area contributed by atoms with Gasteiger partial charge in [-0.1, -0.05) is 43.7 Å². The molecule has 1 fully saturated rings. The molecule has 146 valence electrons. The number of sulfonamides is 1. The topological polar surface area (TPSA) is 58.6 Å². The van der Waals surface area contributed by atoms with Crippen molar-refractivity contribution in [3.05, 3.63) is 60.2 Å². The van der Waals surface area contributed by atoms with Crippen molar-refractivity contribution in [1.82, 2.24) is 9.62 Å². The summed E-state index contributed by atoms with van der Waals surface area (Å²) in [6.45, 7) is 5.23. The zero-order chi connectivity index (χ0) is 19.1. The van der Waals surface area contributed by atoms with Gasteiger partial charge in [0.05, 0.1) is 11.5 Å². The number of benzene rings is 2. The van der Waals surface area contributed by atoms with Gasteiger partial charge in [-0.05, 0) is 42.7 Å². The van der Waals surface area contributed by atoms with Gasteiger partial charge in [-0.2, -0.15) is 0 Å². The summed E-state index contributed by atoms with van der Waals surface area (Å²) in [6, 6.07) is 16.9. The van der Waals surface area contributed by atoms with Gasteiger partial charge >= 0.3 is 0 Å². The smallest absolute Gasteiger partial charge is 0.240 e. The fourth-order valence-electron chi connectivity index (χ4n) is 3.25. The van der Waals surface area contributed by atoms with Crippen LogP contribution >= 0.6 is 0 Å². The molecule has 0 aliphatic carbocycles. The molecule has 1 atom stereocenters. The third kappa shape index (κ3) is 5.79. The highest BCUT2D eigenvalue weighted by Gasteiger charge is 2.27. The third-order valence-corrected chi connectivity index (χ3v) is 6.28. The molecule has 0 saturated carbocycles. The number of hydrogen-bond acceptors (Lipinski definition) is 4. The maximum absolute atomic E-state index is 12.7. The van der Waals surface area contributed by atoms with Gasteiger partial charge in [0.1, 0.15) is 5.75 Å².